The molecule has 1 aromatic rings. The lowest BCUT2D eigenvalue weighted by Gasteiger charge is -2.17. The number of carbonyl (C=O) groups excluding carboxylic acids is 1. The minimum absolute atomic E-state index is 0.168. The summed E-state index contributed by atoms with van der Waals surface area (Å²) in [6.07, 6.45) is -0.0188. The van der Waals surface area contributed by atoms with Gasteiger partial charge in [-0.15, -0.1) is 0 Å². The predicted octanol–water partition coefficient (Wildman–Crippen LogP) is 1.18. The topological polar surface area (TPSA) is 93.8 Å². The van der Waals surface area contributed by atoms with Crippen LogP contribution in [0.3, 0.4) is 0 Å². The molecule has 0 fully saturated rings. The Labute approximate surface area is 118 Å². The van der Waals surface area contributed by atoms with Crippen LogP contribution in [0.25, 0.3) is 0 Å². The maximum Gasteiger partial charge on any atom is 0.253 e. The van der Waals surface area contributed by atoms with E-state index in [1.165, 1.54) is 14.2 Å². The van der Waals surface area contributed by atoms with Gasteiger partial charge in [-0.3, -0.25) is 4.79 Å². The Bertz CT molecular complexity index is 474. The molecule has 0 aliphatic heterocycles. The lowest BCUT2D eigenvalue weighted by Crippen LogP contribution is -2.35. The third kappa shape index (κ3) is 4.03. The van der Waals surface area contributed by atoms with Crippen molar-refractivity contribution in [3.63, 3.8) is 0 Å². The SMILES string of the molecule is COc1cc(OC)c(N)c(C(=O)NC(C)CC(C)O)c1. The van der Waals surface area contributed by atoms with Gasteiger partial charge in [0.2, 0.25) is 0 Å². The molecule has 1 rings (SSSR count). The number of amides is 1. The first-order valence-corrected chi connectivity index (χ1v) is 6.39. The van der Waals surface area contributed by atoms with E-state index in [0.717, 1.165) is 0 Å². The molecule has 2 unspecified atom stereocenters. The van der Waals surface area contributed by atoms with Crippen molar-refractivity contribution in [2.24, 2.45) is 0 Å². The van der Waals surface area contributed by atoms with Crippen LogP contribution in [0.2, 0.25) is 0 Å². The van der Waals surface area contributed by atoms with Crippen molar-refractivity contribution in [1.29, 1.82) is 0 Å². The second kappa shape index (κ2) is 7.00. The average Bonchev–Trinajstić information content (AvgIpc) is 2.37. The summed E-state index contributed by atoms with van der Waals surface area (Å²) in [6.45, 7) is 3.49. The van der Waals surface area contributed by atoms with Gasteiger partial charge in [-0.05, 0) is 26.3 Å². The lowest BCUT2D eigenvalue weighted by molar-refractivity contribution is 0.0923. The molecule has 112 valence electrons. The van der Waals surface area contributed by atoms with Crippen LogP contribution in [0.15, 0.2) is 12.1 Å². The van der Waals surface area contributed by atoms with Gasteiger partial charge in [0.1, 0.15) is 11.5 Å². The van der Waals surface area contributed by atoms with E-state index in [-0.39, 0.29) is 17.6 Å². The van der Waals surface area contributed by atoms with Gasteiger partial charge in [-0.2, -0.15) is 0 Å². The van der Waals surface area contributed by atoms with E-state index in [9.17, 15) is 9.90 Å². The molecule has 6 heteroatoms. The molecule has 0 saturated carbocycles. The Morgan fingerprint density at radius 3 is 2.50 bits per heavy atom. The molecule has 0 aliphatic carbocycles. The van der Waals surface area contributed by atoms with Crippen LogP contribution in [0, 0.1) is 0 Å². The molecule has 2 atom stereocenters. The Kier molecular flexibility index (Phi) is 5.64. The number of hydrogen-bond acceptors (Lipinski definition) is 5. The molecular weight excluding hydrogens is 260 g/mol. The highest BCUT2D eigenvalue weighted by Gasteiger charge is 2.18. The molecule has 0 spiro atoms. The van der Waals surface area contributed by atoms with Crippen molar-refractivity contribution in [3.05, 3.63) is 17.7 Å². The van der Waals surface area contributed by atoms with Crippen LogP contribution in [0.4, 0.5) is 5.69 Å². The highest BCUT2D eigenvalue weighted by Crippen LogP contribution is 2.31. The fourth-order valence-electron chi connectivity index (χ4n) is 1.95. The minimum Gasteiger partial charge on any atom is -0.497 e. The first-order valence-electron chi connectivity index (χ1n) is 6.39. The van der Waals surface area contributed by atoms with E-state index < -0.39 is 6.10 Å². The fourth-order valence-corrected chi connectivity index (χ4v) is 1.95. The maximum atomic E-state index is 12.2. The average molecular weight is 282 g/mol. The second-order valence-corrected chi connectivity index (χ2v) is 4.75. The number of aliphatic hydroxyl groups excluding tert-OH is 1. The summed E-state index contributed by atoms with van der Waals surface area (Å²) < 4.78 is 10.2. The standard InChI is InChI=1S/C14H22N2O4/c1-8(5-9(2)17)16-14(18)11-6-10(19-3)7-12(20-4)13(11)15/h6-9,17H,5,15H2,1-4H3,(H,16,18). The summed E-state index contributed by atoms with van der Waals surface area (Å²) in [7, 11) is 2.98. The van der Waals surface area contributed by atoms with Crippen LogP contribution in [-0.4, -0.2) is 37.4 Å². The summed E-state index contributed by atoms with van der Waals surface area (Å²) in [5.74, 6) is 0.551. The number of aliphatic hydroxyl groups is 1. The molecule has 1 aromatic carbocycles. The molecule has 0 heterocycles. The molecule has 20 heavy (non-hydrogen) atoms. The summed E-state index contributed by atoms with van der Waals surface area (Å²) in [5, 5.41) is 12.1. The summed E-state index contributed by atoms with van der Waals surface area (Å²) in [6, 6.07) is 3.01. The van der Waals surface area contributed by atoms with Gasteiger partial charge >= 0.3 is 0 Å². The van der Waals surface area contributed by atoms with E-state index in [2.05, 4.69) is 5.32 Å². The zero-order chi connectivity index (χ0) is 15.3. The van der Waals surface area contributed by atoms with Crippen LogP contribution >= 0.6 is 0 Å². The monoisotopic (exact) mass is 282 g/mol. The molecule has 0 bridgehead atoms. The zero-order valence-electron chi connectivity index (χ0n) is 12.3. The van der Waals surface area contributed by atoms with Crippen molar-refractivity contribution in [3.8, 4) is 11.5 Å². The molecule has 6 nitrogen and oxygen atoms in total. The second-order valence-electron chi connectivity index (χ2n) is 4.75. The molecule has 0 aromatic heterocycles. The van der Waals surface area contributed by atoms with Crippen molar-refractivity contribution in [2.75, 3.05) is 20.0 Å². The first-order chi connectivity index (χ1) is 9.38. The Morgan fingerprint density at radius 2 is 2.00 bits per heavy atom. The van der Waals surface area contributed by atoms with Crippen molar-refractivity contribution >= 4 is 11.6 Å². The molecule has 1 amide bonds. The number of hydrogen-bond donors (Lipinski definition) is 3. The Balaban J connectivity index is 2.97. The van der Waals surface area contributed by atoms with Gasteiger partial charge in [0.15, 0.2) is 0 Å². The van der Waals surface area contributed by atoms with Gasteiger partial charge in [-0.1, -0.05) is 0 Å². The molecular formula is C14H22N2O4. The fraction of sp³-hybridized carbons (Fsp3) is 0.500. The molecule has 4 N–H and O–H groups in total. The highest BCUT2D eigenvalue weighted by atomic mass is 16.5. The van der Waals surface area contributed by atoms with Gasteiger partial charge in [0.25, 0.3) is 5.91 Å². The third-order valence-electron chi connectivity index (χ3n) is 2.89. The predicted molar refractivity (Wildman–Crippen MR) is 77.2 cm³/mol. The van der Waals surface area contributed by atoms with Gasteiger partial charge < -0.3 is 25.6 Å². The number of nitrogens with two attached hydrogens (primary N) is 1. The van der Waals surface area contributed by atoms with E-state index in [0.29, 0.717) is 23.5 Å². The number of ether oxygens (including phenoxy) is 2. The van der Waals surface area contributed by atoms with E-state index in [1.54, 1.807) is 19.1 Å². The molecule has 0 saturated heterocycles. The first kappa shape index (κ1) is 16.1. The molecule has 0 aliphatic rings. The van der Waals surface area contributed by atoms with Crippen molar-refractivity contribution < 1.29 is 19.4 Å². The largest absolute Gasteiger partial charge is 0.497 e. The van der Waals surface area contributed by atoms with Crippen LogP contribution < -0.4 is 20.5 Å². The molecule has 0 radical (unpaired) electrons. The van der Waals surface area contributed by atoms with Gasteiger partial charge in [0.05, 0.1) is 31.6 Å². The van der Waals surface area contributed by atoms with E-state index >= 15 is 0 Å². The quantitative estimate of drug-likeness (QED) is 0.681. The number of nitrogens with one attached hydrogen (secondary N) is 1. The van der Waals surface area contributed by atoms with E-state index in [1.807, 2.05) is 6.92 Å². The number of rotatable bonds is 6. The number of benzene rings is 1. The Morgan fingerprint density at radius 1 is 1.35 bits per heavy atom. The van der Waals surface area contributed by atoms with Crippen LogP contribution in [0.5, 0.6) is 11.5 Å². The van der Waals surface area contributed by atoms with Gasteiger partial charge in [-0.25, -0.2) is 0 Å². The summed E-state index contributed by atoms with van der Waals surface area (Å²) in [5.41, 5.74) is 6.45. The number of anilines is 1. The van der Waals surface area contributed by atoms with E-state index in [4.69, 9.17) is 15.2 Å². The van der Waals surface area contributed by atoms with Crippen LogP contribution in [-0.2, 0) is 0 Å². The number of methoxy groups -OCH3 is 2. The summed E-state index contributed by atoms with van der Waals surface area (Å²) in [4.78, 5) is 12.2. The Hall–Kier alpha value is -1.95. The van der Waals surface area contributed by atoms with Gasteiger partial charge in [0, 0.05) is 12.1 Å². The smallest absolute Gasteiger partial charge is 0.253 e. The zero-order valence-corrected chi connectivity index (χ0v) is 12.3. The highest BCUT2D eigenvalue weighted by molar-refractivity contribution is 6.01. The number of carbonyl (C=O) groups is 1. The van der Waals surface area contributed by atoms with Crippen LogP contribution in [0.1, 0.15) is 30.6 Å². The van der Waals surface area contributed by atoms with Crippen molar-refractivity contribution in [1.82, 2.24) is 5.32 Å². The lowest BCUT2D eigenvalue weighted by atomic mass is 10.1. The maximum absolute atomic E-state index is 12.2. The number of nitrogen functional groups attached to an aromatic ring is 1. The minimum atomic E-state index is -0.484. The third-order valence-corrected chi connectivity index (χ3v) is 2.89. The normalized spacial score (nSPS) is 13.4. The summed E-state index contributed by atoms with van der Waals surface area (Å²) >= 11 is 0. The van der Waals surface area contributed by atoms with Crippen molar-refractivity contribution in [2.45, 2.75) is 32.4 Å².